The van der Waals surface area contributed by atoms with E-state index in [0.717, 1.165) is 0 Å². The summed E-state index contributed by atoms with van der Waals surface area (Å²) in [6.45, 7) is 0.153. The van der Waals surface area contributed by atoms with Crippen molar-refractivity contribution in [2.75, 3.05) is 6.54 Å². The number of nitrogens with two attached hydrogens (primary N) is 2. The molecule has 5 heteroatoms. The van der Waals surface area contributed by atoms with E-state index in [-0.39, 0.29) is 13.0 Å². The van der Waals surface area contributed by atoms with E-state index in [1.807, 2.05) is 0 Å². The third-order valence-electron chi connectivity index (χ3n) is 1.10. The quantitative estimate of drug-likeness (QED) is 0.420. The van der Waals surface area contributed by atoms with Gasteiger partial charge in [-0.05, 0) is 13.0 Å². The van der Waals surface area contributed by atoms with Gasteiger partial charge in [0.25, 0.3) is 0 Å². The molecule has 0 aromatic heterocycles. The molecule has 58 valence electrons. The highest BCUT2D eigenvalue weighted by molar-refractivity contribution is 5.95. The van der Waals surface area contributed by atoms with E-state index in [2.05, 4.69) is 0 Å². The van der Waals surface area contributed by atoms with E-state index in [4.69, 9.17) is 16.6 Å². The summed E-state index contributed by atoms with van der Waals surface area (Å²) in [4.78, 5) is 20.5. The standard InChI is InChI=1S/C5H10N2O3/c6-2-1-3(4(7)8)5(9)10/h3H,1-2,6H2,(H2,7,8)(H,9,10). The molecule has 0 aromatic rings. The number of rotatable bonds is 4. The predicted molar refractivity (Wildman–Crippen MR) is 34.0 cm³/mol. The average molecular weight is 146 g/mol. The molecule has 0 bridgehead atoms. The number of carbonyl (C=O) groups is 2. The Hall–Kier alpha value is -1.10. The maximum Gasteiger partial charge on any atom is 0.316 e. The summed E-state index contributed by atoms with van der Waals surface area (Å²) >= 11 is 0. The van der Waals surface area contributed by atoms with Crippen molar-refractivity contribution in [3.8, 4) is 0 Å². The molecule has 5 N–H and O–H groups in total. The van der Waals surface area contributed by atoms with Gasteiger partial charge in [-0.3, -0.25) is 9.59 Å². The minimum Gasteiger partial charge on any atom is -0.481 e. The first-order chi connectivity index (χ1) is 4.59. The fourth-order valence-electron chi connectivity index (χ4n) is 0.554. The molecule has 1 amide bonds. The Morgan fingerprint density at radius 3 is 2.10 bits per heavy atom. The molecule has 0 saturated heterocycles. The molecule has 0 heterocycles. The highest BCUT2D eigenvalue weighted by atomic mass is 16.4. The molecule has 0 saturated carbocycles. The molecule has 5 nitrogen and oxygen atoms in total. The topological polar surface area (TPSA) is 106 Å². The van der Waals surface area contributed by atoms with Crippen LogP contribution < -0.4 is 11.5 Å². The predicted octanol–water partition coefficient (Wildman–Crippen LogP) is -1.48. The smallest absolute Gasteiger partial charge is 0.316 e. The maximum atomic E-state index is 10.3. The van der Waals surface area contributed by atoms with Gasteiger partial charge in [-0.1, -0.05) is 0 Å². The lowest BCUT2D eigenvalue weighted by Crippen LogP contribution is -2.31. The highest BCUT2D eigenvalue weighted by Crippen LogP contribution is 1.99. The van der Waals surface area contributed by atoms with Crippen LogP contribution >= 0.6 is 0 Å². The molecular weight excluding hydrogens is 136 g/mol. The molecule has 0 radical (unpaired) electrons. The first-order valence-electron chi connectivity index (χ1n) is 2.81. The number of aliphatic carboxylic acids is 1. The van der Waals surface area contributed by atoms with Crippen LogP contribution in [0.3, 0.4) is 0 Å². The first-order valence-corrected chi connectivity index (χ1v) is 2.81. The number of hydrogen-bond donors (Lipinski definition) is 3. The summed E-state index contributed by atoms with van der Waals surface area (Å²) < 4.78 is 0. The molecule has 0 aliphatic heterocycles. The van der Waals surface area contributed by atoms with Gasteiger partial charge < -0.3 is 16.6 Å². The van der Waals surface area contributed by atoms with Crippen LogP contribution in [0.25, 0.3) is 0 Å². The van der Waals surface area contributed by atoms with Crippen LogP contribution in [0.2, 0.25) is 0 Å². The van der Waals surface area contributed by atoms with Crippen LogP contribution in [-0.4, -0.2) is 23.5 Å². The second-order valence-electron chi connectivity index (χ2n) is 1.87. The van der Waals surface area contributed by atoms with Gasteiger partial charge in [-0.15, -0.1) is 0 Å². The maximum absolute atomic E-state index is 10.3. The Kier molecular flexibility index (Phi) is 3.42. The number of hydrogen-bond acceptors (Lipinski definition) is 3. The van der Waals surface area contributed by atoms with Crippen LogP contribution in [0.1, 0.15) is 6.42 Å². The van der Waals surface area contributed by atoms with Gasteiger partial charge in [-0.2, -0.15) is 0 Å². The van der Waals surface area contributed by atoms with Crippen molar-refractivity contribution in [2.45, 2.75) is 6.42 Å². The minimum absolute atomic E-state index is 0.102. The van der Waals surface area contributed by atoms with E-state index in [1.54, 1.807) is 0 Å². The molecule has 0 rings (SSSR count). The van der Waals surface area contributed by atoms with E-state index in [1.165, 1.54) is 0 Å². The van der Waals surface area contributed by atoms with E-state index in [0.29, 0.717) is 0 Å². The van der Waals surface area contributed by atoms with Gasteiger partial charge in [0.05, 0.1) is 0 Å². The lowest BCUT2D eigenvalue weighted by molar-refractivity contribution is -0.146. The molecule has 0 aromatic carbocycles. The van der Waals surface area contributed by atoms with Gasteiger partial charge in [0, 0.05) is 0 Å². The zero-order valence-corrected chi connectivity index (χ0v) is 5.41. The van der Waals surface area contributed by atoms with Crippen molar-refractivity contribution in [2.24, 2.45) is 17.4 Å². The molecule has 1 unspecified atom stereocenters. The summed E-state index contributed by atoms with van der Waals surface area (Å²) in [6, 6.07) is 0. The minimum atomic E-state index is -1.21. The van der Waals surface area contributed by atoms with Crippen LogP contribution in [0.4, 0.5) is 0 Å². The Morgan fingerprint density at radius 2 is 2.00 bits per heavy atom. The number of primary amides is 1. The van der Waals surface area contributed by atoms with Crippen LogP contribution in [0, 0.1) is 5.92 Å². The van der Waals surface area contributed by atoms with E-state index in [9.17, 15) is 9.59 Å². The normalized spacial score (nSPS) is 12.5. The van der Waals surface area contributed by atoms with Gasteiger partial charge >= 0.3 is 5.97 Å². The summed E-state index contributed by atoms with van der Waals surface area (Å²) in [7, 11) is 0. The van der Waals surface area contributed by atoms with E-state index < -0.39 is 17.8 Å². The Labute approximate surface area is 58.0 Å². The third kappa shape index (κ3) is 2.45. The molecule has 0 spiro atoms. The Balaban J connectivity index is 3.98. The number of amides is 1. The molecule has 10 heavy (non-hydrogen) atoms. The number of carboxylic acids is 1. The van der Waals surface area contributed by atoms with Crippen molar-refractivity contribution in [3.05, 3.63) is 0 Å². The average Bonchev–Trinajstić information content (AvgIpc) is 1.81. The van der Waals surface area contributed by atoms with E-state index >= 15 is 0 Å². The Bertz CT molecular complexity index is 132. The summed E-state index contributed by atoms with van der Waals surface area (Å²) in [5, 5.41) is 8.32. The molecule has 0 aliphatic carbocycles. The fourth-order valence-corrected chi connectivity index (χ4v) is 0.554. The molecule has 0 fully saturated rings. The van der Waals surface area contributed by atoms with Crippen LogP contribution in [0.15, 0.2) is 0 Å². The second kappa shape index (κ2) is 3.84. The lowest BCUT2D eigenvalue weighted by Gasteiger charge is -2.04. The zero-order valence-electron chi connectivity index (χ0n) is 5.41. The van der Waals surface area contributed by atoms with Crippen molar-refractivity contribution < 1.29 is 14.7 Å². The van der Waals surface area contributed by atoms with Crippen molar-refractivity contribution in [1.82, 2.24) is 0 Å². The Morgan fingerprint density at radius 1 is 1.50 bits per heavy atom. The first kappa shape index (κ1) is 8.90. The van der Waals surface area contributed by atoms with Crippen molar-refractivity contribution in [1.29, 1.82) is 0 Å². The summed E-state index contributed by atoms with van der Waals surface area (Å²) in [5.74, 6) is -3.18. The zero-order chi connectivity index (χ0) is 8.15. The van der Waals surface area contributed by atoms with Crippen LogP contribution in [-0.2, 0) is 9.59 Å². The van der Waals surface area contributed by atoms with Gasteiger partial charge in [0.15, 0.2) is 0 Å². The highest BCUT2D eigenvalue weighted by Gasteiger charge is 2.21. The largest absolute Gasteiger partial charge is 0.481 e. The van der Waals surface area contributed by atoms with Gasteiger partial charge in [-0.25, -0.2) is 0 Å². The summed E-state index contributed by atoms with van der Waals surface area (Å²) in [5.41, 5.74) is 9.78. The third-order valence-corrected chi connectivity index (χ3v) is 1.10. The number of carboxylic acid groups (broad SMARTS) is 1. The molecular formula is C5H10N2O3. The second-order valence-corrected chi connectivity index (χ2v) is 1.87. The van der Waals surface area contributed by atoms with Crippen molar-refractivity contribution >= 4 is 11.9 Å². The van der Waals surface area contributed by atoms with Crippen LogP contribution in [0.5, 0.6) is 0 Å². The van der Waals surface area contributed by atoms with Gasteiger partial charge in [0.2, 0.25) is 5.91 Å². The summed E-state index contributed by atoms with van der Waals surface area (Å²) in [6.07, 6.45) is 0.102. The van der Waals surface area contributed by atoms with Crippen molar-refractivity contribution in [3.63, 3.8) is 0 Å². The monoisotopic (exact) mass is 146 g/mol. The SMILES string of the molecule is NCCC(C(N)=O)C(=O)O. The van der Waals surface area contributed by atoms with Gasteiger partial charge in [0.1, 0.15) is 5.92 Å². The molecule has 0 aliphatic rings. The number of carbonyl (C=O) groups excluding carboxylic acids is 1. The molecule has 1 atom stereocenters. The lowest BCUT2D eigenvalue weighted by atomic mass is 10.1. The fraction of sp³-hybridized carbons (Fsp3) is 0.600.